The maximum atomic E-state index is 12.8. The fraction of sp³-hybridized carbons (Fsp3) is 0.583. The van der Waals surface area contributed by atoms with E-state index in [1.165, 1.54) is 10.8 Å². The third-order valence-corrected chi connectivity index (χ3v) is 7.34. The SMILES string of the molecule is CC(C)C(=O)OC[C@H]1S[C@@](C#N)(c2ccc3c(N)ncnn23)[C@H](OC(=O)C(C)C)[C@@H]1OC(=O)C(C)C. The van der Waals surface area contributed by atoms with Crippen LogP contribution in [-0.2, 0) is 33.3 Å². The predicted molar refractivity (Wildman–Crippen MR) is 131 cm³/mol. The molecule has 4 atom stereocenters. The van der Waals surface area contributed by atoms with E-state index in [1.807, 2.05) is 0 Å². The Kier molecular flexibility index (Phi) is 8.13. The molecule has 1 fully saturated rings. The van der Waals surface area contributed by atoms with Gasteiger partial charge in [-0.05, 0) is 12.1 Å². The van der Waals surface area contributed by atoms with Crippen LogP contribution in [0.4, 0.5) is 5.82 Å². The van der Waals surface area contributed by atoms with Crippen molar-refractivity contribution in [2.75, 3.05) is 12.3 Å². The second-order valence-electron chi connectivity index (χ2n) is 9.52. The van der Waals surface area contributed by atoms with Crippen molar-refractivity contribution in [1.82, 2.24) is 14.6 Å². The zero-order chi connectivity index (χ0) is 26.8. The summed E-state index contributed by atoms with van der Waals surface area (Å²) in [4.78, 5) is 41.7. The number of anilines is 1. The van der Waals surface area contributed by atoms with Gasteiger partial charge in [0.2, 0.25) is 0 Å². The van der Waals surface area contributed by atoms with Gasteiger partial charge < -0.3 is 19.9 Å². The molecule has 3 rings (SSSR count). The number of aromatic nitrogens is 3. The van der Waals surface area contributed by atoms with Crippen molar-refractivity contribution >= 4 is 41.0 Å². The minimum Gasteiger partial charge on any atom is -0.464 e. The van der Waals surface area contributed by atoms with E-state index in [1.54, 1.807) is 53.7 Å². The molecule has 1 aliphatic heterocycles. The fourth-order valence-electron chi connectivity index (χ4n) is 3.67. The molecule has 11 nitrogen and oxygen atoms in total. The molecule has 2 aromatic heterocycles. The van der Waals surface area contributed by atoms with Gasteiger partial charge in [-0.3, -0.25) is 14.4 Å². The van der Waals surface area contributed by atoms with Gasteiger partial charge in [-0.15, -0.1) is 11.8 Å². The number of nitrogens with zero attached hydrogens (tertiary/aromatic N) is 4. The monoisotopic (exact) mass is 517 g/mol. The lowest BCUT2D eigenvalue weighted by Crippen LogP contribution is -2.46. The van der Waals surface area contributed by atoms with Crippen molar-refractivity contribution < 1.29 is 28.6 Å². The minimum absolute atomic E-state index is 0.155. The van der Waals surface area contributed by atoms with Crippen LogP contribution in [0.2, 0.25) is 0 Å². The molecule has 194 valence electrons. The molecule has 0 aromatic carbocycles. The number of hydrogen-bond acceptors (Lipinski definition) is 11. The summed E-state index contributed by atoms with van der Waals surface area (Å²) in [5.41, 5.74) is 6.82. The van der Waals surface area contributed by atoms with E-state index in [4.69, 9.17) is 19.9 Å². The van der Waals surface area contributed by atoms with Gasteiger partial charge in [0, 0.05) is 0 Å². The summed E-state index contributed by atoms with van der Waals surface area (Å²) in [5, 5.41) is 14.1. The summed E-state index contributed by atoms with van der Waals surface area (Å²) in [6.45, 7) is 9.91. The first-order valence-electron chi connectivity index (χ1n) is 11.7. The van der Waals surface area contributed by atoms with Crippen LogP contribution in [0.3, 0.4) is 0 Å². The largest absolute Gasteiger partial charge is 0.464 e. The summed E-state index contributed by atoms with van der Waals surface area (Å²) in [6, 6.07) is 5.60. The Bertz CT molecular complexity index is 1190. The highest BCUT2D eigenvalue weighted by Gasteiger charge is 2.62. The molecule has 0 unspecified atom stereocenters. The van der Waals surface area contributed by atoms with E-state index < -0.39 is 51.9 Å². The van der Waals surface area contributed by atoms with Crippen molar-refractivity contribution in [3.8, 4) is 6.07 Å². The maximum absolute atomic E-state index is 12.8. The van der Waals surface area contributed by atoms with Crippen LogP contribution in [0.15, 0.2) is 18.5 Å². The number of carbonyl (C=O) groups excluding carboxylic acids is 3. The smallest absolute Gasteiger partial charge is 0.308 e. The number of rotatable bonds is 8. The summed E-state index contributed by atoms with van der Waals surface area (Å²) in [6.07, 6.45) is -1.04. The number of nitrogen functional groups attached to an aromatic ring is 1. The average molecular weight is 518 g/mol. The lowest BCUT2D eigenvalue weighted by molar-refractivity contribution is -0.173. The number of hydrogen-bond donors (Lipinski definition) is 1. The number of thioether (sulfide) groups is 1. The van der Waals surface area contributed by atoms with Gasteiger partial charge >= 0.3 is 17.9 Å². The van der Waals surface area contributed by atoms with Gasteiger partial charge in [0.05, 0.1) is 34.8 Å². The third kappa shape index (κ3) is 5.11. The van der Waals surface area contributed by atoms with Gasteiger partial charge in [-0.25, -0.2) is 9.50 Å². The van der Waals surface area contributed by atoms with E-state index in [0.29, 0.717) is 11.2 Å². The number of nitrogens with two attached hydrogens (primary N) is 1. The first kappa shape index (κ1) is 27.3. The highest BCUT2D eigenvalue weighted by Crippen LogP contribution is 2.53. The molecule has 1 aliphatic rings. The molecule has 0 radical (unpaired) electrons. The van der Waals surface area contributed by atoms with Crippen LogP contribution in [0.25, 0.3) is 5.52 Å². The number of carbonyl (C=O) groups is 3. The predicted octanol–water partition coefficient (Wildman–Crippen LogP) is 2.48. The molecule has 2 N–H and O–H groups in total. The molecular weight excluding hydrogens is 486 g/mol. The molecule has 36 heavy (non-hydrogen) atoms. The first-order valence-corrected chi connectivity index (χ1v) is 12.6. The van der Waals surface area contributed by atoms with Gasteiger partial charge in [0.15, 0.2) is 22.8 Å². The summed E-state index contributed by atoms with van der Waals surface area (Å²) < 4.78 is 17.1. The van der Waals surface area contributed by atoms with E-state index in [0.717, 1.165) is 11.8 Å². The van der Waals surface area contributed by atoms with Crippen LogP contribution in [0.5, 0.6) is 0 Å². The fourth-order valence-corrected chi connectivity index (χ4v) is 5.26. The van der Waals surface area contributed by atoms with E-state index >= 15 is 0 Å². The second-order valence-corrected chi connectivity index (χ2v) is 11.0. The average Bonchev–Trinajstić information content (AvgIpc) is 3.38. The van der Waals surface area contributed by atoms with Crippen molar-refractivity contribution in [3.05, 3.63) is 24.2 Å². The first-order chi connectivity index (χ1) is 16.9. The van der Waals surface area contributed by atoms with Gasteiger partial charge in [-0.1, -0.05) is 41.5 Å². The quantitative estimate of drug-likeness (QED) is 0.405. The molecule has 0 amide bonds. The Morgan fingerprint density at radius 1 is 1.08 bits per heavy atom. The topological polar surface area (TPSA) is 159 Å². The van der Waals surface area contributed by atoms with Crippen molar-refractivity contribution in [2.45, 2.75) is 63.7 Å². The molecule has 1 saturated heterocycles. The number of fused-ring (bicyclic) bond motifs is 1. The van der Waals surface area contributed by atoms with Crippen molar-refractivity contribution in [1.29, 1.82) is 5.26 Å². The minimum atomic E-state index is -1.56. The maximum Gasteiger partial charge on any atom is 0.308 e. The van der Waals surface area contributed by atoms with Crippen molar-refractivity contribution in [3.63, 3.8) is 0 Å². The summed E-state index contributed by atoms with van der Waals surface area (Å²) in [7, 11) is 0. The molecule has 3 heterocycles. The highest BCUT2D eigenvalue weighted by atomic mass is 32.2. The molecule has 2 aromatic rings. The Labute approximate surface area is 213 Å². The Hall–Kier alpha value is -3.33. The van der Waals surface area contributed by atoms with E-state index in [-0.39, 0.29) is 18.3 Å². The highest BCUT2D eigenvalue weighted by molar-refractivity contribution is 8.01. The molecular formula is C24H31N5O6S. The molecule has 0 saturated carbocycles. The lowest BCUT2D eigenvalue weighted by atomic mass is 9.93. The Morgan fingerprint density at radius 2 is 1.69 bits per heavy atom. The normalized spacial score (nSPS) is 23.7. The lowest BCUT2D eigenvalue weighted by Gasteiger charge is -2.30. The van der Waals surface area contributed by atoms with Crippen LogP contribution in [0, 0.1) is 29.1 Å². The Balaban J connectivity index is 2.16. The zero-order valence-corrected chi connectivity index (χ0v) is 21.9. The standard InChI is InChI=1S/C24H31N5O6S/c1-12(2)21(30)33-9-16-18(34-22(31)13(3)4)19(35-23(32)14(5)6)24(10-25,36-16)17-8-7-15-20(26)27-11-28-29(15)17/h7-8,11-14,16,18-19H,9H2,1-6H3,(H2,26,27,28)/t16-,18-,19-,24+/m1/s1. The Morgan fingerprint density at radius 3 is 2.28 bits per heavy atom. The van der Waals surface area contributed by atoms with Crippen LogP contribution >= 0.6 is 11.8 Å². The van der Waals surface area contributed by atoms with Gasteiger partial charge in [-0.2, -0.15) is 10.4 Å². The molecule has 0 bridgehead atoms. The number of ether oxygens (including phenoxy) is 3. The summed E-state index contributed by atoms with van der Waals surface area (Å²) >= 11 is 1.10. The van der Waals surface area contributed by atoms with E-state index in [9.17, 15) is 19.6 Å². The molecule has 12 heteroatoms. The van der Waals surface area contributed by atoms with Crippen LogP contribution < -0.4 is 5.73 Å². The van der Waals surface area contributed by atoms with Gasteiger partial charge in [0.1, 0.15) is 18.5 Å². The van der Waals surface area contributed by atoms with Crippen molar-refractivity contribution in [2.24, 2.45) is 17.8 Å². The van der Waals surface area contributed by atoms with Gasteiger partial charge in [0.25, 0.3) is 0 Å². The molecule has 0 spiro atoms. The number of esters is 3. The second kappa shape index (κ2) is 10.7. The van der Waals surface area contributed by atoms with Crippen LogP contribution in [0.1, 0.15) is 47.2 Å². The zero-order valence-electron chi connectivity index (χ0n) is 21.1. The van der Waals surface area contributed by atoms with E-state index in [2.05, 4.69) is 16.2 Å². The molecule has 0 aliphatic carbocycles. The number of nitriles is 1. The summed E-state index contributed by atoms with van der Waals surface area (Å²) in [5.74, 6) is -2.71. The third-order valence-electron chi connectivity index (χ3n) is 5.73. The van der Waals surface area contributed by atoms with Crippen LogP contribution in [-0.4, -0.2) is 56.6 Å².